The van der Waals surface area contributed by atoms with Crippen LogP contribution in [0.1, 0.15) is 62.8 Å². The summed E-state index contributed by atoms with van der Waals surface area (Å²) >= 11 is 0. The molecule has 5 rings (SSSR count). The maximum absolute atomic E-state index is 8.93. The first-order valence-electron chi connectivity index (χ1n) is 12.9. The molecule has 0 amide bonds. The van der Waals surface area contributed by atoms with Crippen molar-refractivity contribution in [1.82, 2.24) is 15.0 Å². The third-order valence-electron chi connectivity index (χ3n) is 7.24. The van der Waals surface area contributed by atoms with E-state index in [0.717, 1.165) is 90.6 Å². The number of pyridine rings is 1. The number of hydrogen-bond donors (Lipinski definition) is 2. The monoisotopic (exact) mass is 466 g/mol. The molecule has 0 atom stereocenters. The zero-order chi connectivity index (χ0) is 24.1. The van der Waals surface area contributed by atoms with Crippen LogP contribution in [0, 0.1) is 0 Å². The Hall–Kier alpha value is -3.15. The third kappa shape index (κ3) is 5.26. The summed E-state index contributed by atoms with van der Waals surface area (Å²) < 4.78 is 0. The molecule has 1 aliphatic carbocycles. The fraction of sp³-hybridized carbons (Fsp3) is 0.367. The number of hydrogen-bond acceptors (Lipinski definition) is 5. The molecule has 0 spiro atoms. The van der Waals surface area contributed by atoms with Gasteiger partial charge in [-0.2, -0.15) is 0 Å². The Balaban J connectivity index is 1.46. The molecule has 1 fully saturated rings. The maximum atomic E-state index is 8.93. The fourth-order valence-corrected chi connectivity index (χ4v) is 4.91. The van der Waals surface area contributed by atoms with Crippen LogP contribution in [0.15, 0.2) is 66.9 Å². The van der Waals surface area contributed by atoms with E-state index in [0.29, 0.717) is 0 Å². The number of benzene rings is 2. The van der Waals surface area contributed by atoms with Crippen LogP contribution >= 0.6 is 0 Å². The molecule has 0 bridgehead atoms. The van der Waals surface area contributed by atoms with Crippen molar-refractivity contribution < 1.29 is 5.11 Å². The molecule has 35 heavy (non-hydrogen) atoms. The Morgan fingerprint density at radius 3 is 2.29 bits per heavy atom. The van der Waals surface area contributed by atoms with Crippen LogP contribution < -0.4 is 5.73 Å². The minimum absolute atomic E-state index is 0.169. The molecule has 5 nitrogen and oxygen atoms in total. The quantitative estimate of drug-likeness (QED) is 0.273. The summed E-state index contributed by atoms with van der Waals surface area (Å²) in [5.41, 5.74) is 12.5. The molecule has 2 heterocycles. The molecular formula is C30H34N4O. The Kier molecular flexibility index (Phi) is 7.16. The van der Waals surface area contributed by atoms with Gasteiger partial charge < -0.3 is 10.8 Å². The van der Waals surface area contributed by atoms with Crippen molar-refractivity contribution in [3.05, 3.63) is 78.2 Å². The van der Waals surface area contributed by atoms with Crippen LogP contribution in [0.2, 0.25) is 0 Å². The Labute approximate surface area is 207 Å². The predicted octanol–water partition coefficient (Wildman–Crippen LogP) is 6.18. The van der Waals surface area contributed by atoms with Gasteiger partial charge in [0, 0.05) is 41.3 Å². The van der Waals surface area contributed by atoms with Crippen LogP contribution in [-0.4, -0.2) is 26.7 Å². The van der Waals surface area contributed by atoms with Crippen molar-refractivity contribution in [3.63, 3.8) is 0 Å². The molecule has 1 saturated carbocycles. The zero-order valence-electron chi connectivity index (χ0n) is 20.3. The van der Waals surface area contributed by atoms with E-state index in [4.69, 9.17) is 20.8 Å². The molecule has 2 aromatic heterocycles. The minimum Gasteiger partial charge on any atom is -0.396 e. The summed E-state index contributed by atoms with van der Waals surface area (Å²) in [6.07, 6.45) is 11.3. The van der Waals surface area contributed by atoms with Gasteiger partial charge in [0.1, 0.15) is 5.82 Å². The average molecular weight is 467 g/mol. The highest BCUT2D eigenvalue weighted by molar-refractivity contribution is 5.89. The van der Waals surface area contributed by atoms with E-state index >= 15 is 0 Å². The van der Waals surface area contributed by atoms with E-state index in [1.54, 1.807) is 0 Å². The van der Waals surface area contributed by atoms with Crippen molar-refractivity contribution in [2.24, 2.45) is 5.73 Å². The molecule has 4 aromatic rings. The summed E-state index contributed by atoms with van der Waals surface area (Å²) in [6, 6.07) is 21.2. The standard InChI is InChI=1S/C30H34N4O/c31-30(17-9-18-30)25-15-13-23(14-16-25)28-26(22-10-5-4-6-11-22)20-24-21-32-27(33-29(24)34-28)12-7-2-1-3-8-19-35/h4-6,10-11,13-16,20-21,35H,1-3,7-9,12,17-19,31H2. The van der Waals surface area contributed by atoms with E-state index in [-0.39, 0.29) is 12.1 Å². The van der Waals surface area contributed by atoms with Gasteiger partial charge in [-0.1, -0.05) is 73.9 Å². The summed E-state index contributed by atoms with van der Waals surface area (Å²) in [5, 5.41) is 9.88. The van der Waals surface area contributed by atoms with Gasteiger partial charge in [0.2, 0.25) is 0 Å². The van der Waals surface area contributed by atoms with Crippen molar-refractivity contribution in [2.45, 2.75) is 63.3 Å². The van der Waals surface area contributed by atoms with Crippen LogP contribution in [0.25, 0.3) is 33.4 Å². The second kappa shape index (κ2) is 10.6. The third-order valence-corrected chi connectivity index (χ3v) is 7.24. The first-order chi connectivity index (χ1) is 17.2. The number of aryl methyl sites for hydroxylation is 1. The Bertz CT molecular complexity index is 1270. The van der Waals surface area contributed by atoms with Crippen LogP contribution in [0.3, 0.4) is 0 Å². The van der Waals surface area contributed by atoms with E-state index in [2.05, 4.69) is 59.6 Å². The van der Waals surface area contributed by atoms with Gasteiger partial charge in [0.25, 0.3) is 0 Å². The number of unbranched alkanes of at least 4 members (excludes halogenated alkanes) is 4. The van der Waals surface area contributed by atoms with Gasteiger partial charge in [0.15, 0.2) is 5.65 Å². The normalized spacial score (nSPS) is 14.7. The topological polar surface area (TPSA) is 84.9 Å². The zero-order valence-corrected chi connectivity index (χ0v) is 20.3. The molecule has 3 N–H and O–H groups in total. The highest BCUT2D eigenvalue weighted by atomic mass is 16.2. The Morgan fingerprint density at radius 2 is 1.57 bits per heavy atom. The second-order valence-corrected chi connectivity index (χ2v) is 9.78. The van der Waals surface area contributed by atoms with Crippen LogP contribution in [0.4, 0.5) is 0 Å². The van der Waals surface area contributed by atoms with Gasteiger partial charge in [-0.05, 0) is 49.3 Å². The number of fused-ring (bicyclic) bond motifs is 1. The maximum Gasteiger partial charge on any atom is 0.163 e. The van der Waals surface area contributed by atoms with Crippen molar-refractivity contribution >= 4 is 11.0 Å². The number of nitrogens with zero attached hydrogens (tertiary/aromatic N) is 3. The second-order valence-electron chi connectivity index (χ2n) is 9.78. The van der Waals surface area contributed by atoms with Crippen LogP contribution in [-0.2, 0) is 12.0 Å². The number of aromatic nitrogens is 3. The minimum atomic E-state index is -0.169. The number of aliphatic hydroxyl groups is 1. The Morgan fingerprint density at radius 1 is 0.829 bits per heavy atom. The summed E-state index contributed by atoms with van der Waals surface area (Å²) in [4.78, 5) is 14.5. The van der Waals surface area contributed by atoms with Crippen molar-refractivity contribution in [3.8, 4) is 22.4 Å². The molecule has 5 heteroatoms. The number of nitrogens with two attached hydrogens (primary N) is 1. The van der Waals surface area contributed by atoms with Crippen LogP contribution in [0.5, 0.6) is 0 Å². The lowest BCUT2D eigenvalue weighted by Crippen LogP contribution is -2.43. The van der Waals surface area contributed by atoms with Gasteiger partial charge in [-0.15, -0.1) is 0 Å². The molecule has 0 unspecified atom stereocenters. The summed E-state index contributed by atoms with van der Waals surface area (Å²) in [6.45, 7) is 0.280. The van der Waals surface area contributed by atoms with Crippen molar-refractivity contribution in [2.75, 3.05) is 6.61 Å². The smallest absolute Gasteiger partial charge is 0.163 e. The van der Waals surface area contributed by atoms with Gasteiger partial charge in [-0.25, -0.2) is 15.0 Å². The largest absolute Gasteiger partial charge is 0.396 e. The van der Waals surface area contributed by atoms with E-state index < -0.39 is 0 Å². The summed E-state index contributed by atoms with van der Waals surface area (Å²) in [5.74, 6) is 0.843. The van der Waals surface area contributed by atoms with E-state index in [1.165, 1.54) is 12.0 Å². The fourth-order valence-electron chi connectivity index (χ4n) is 4.91. The molecule has 180 valence electrons. The lowest BCUT2D eigenvalue weighted by Gasteiger charge is -2.38. The van der Waals surface area contributed by atoms with E-state index in [1.807, 2.05) is 12.3 Å². The number of aliphatic hydroxyl groups excluding tert-OH is 1. The lowest BCUT2D eigenvalue weighted by molar-refractivity contribution is 0.253. The average Bonchev–Trinajstić information content (AvgIpc) is 2.89. The highest BCUT2D eigenvalue weighted by Gasteiger charge is 2.34. The highest BCUT2D eigenvalue weighted by Crippen LogP contribution is 2.40. The SMILES string of the molecule is NC1(c2ccc(-c3nc4nc(CCCCCCCO)ncc4cc3-c3ccccc3)cc2)CCC1. The molecule has 2 aromatic carbocycles. The van der Waals surface area contributed by atoms with E-state index in [9.17, 15) is 0 Å². The first-order valence-corrected chi connectivity index (χ1v) is 12.9. The van der Waals surface area contributed by atoms with Gasteiger partial charge in [0.05, 0.1) is 5.69 Å². The molecule has 1 aliphatic rings. The number of rotatable bonds is 10. The summed E-state index contributed by atoms with van der Waals surface area (Å²) in [7, 11) is 0. The van der Waals surface area contributed by atoms with Crippen molar-refractivity contribution in [1.29, 1.82) is 0 Å². The lowest BCUT2D eigenvalue weighted by atomic mass is 9.72. The first kappa shape index (κ1) is 23.6. The molecule has 0 saturated heterocycles. The van der Waals surface area contributed by atoms with Gasteiger partial charge >= 0.3 is 0 Å². The predicted molar refractivity (Wildman–Crippen MR) is 142 cm³/mol. The molecule has 0 aliphatic heterocycles. The molecular weight excluding hydrogens is 432 g/mol. The van der Waals surface area contributed by atoms with Gasteiger partial charge in [-0.3, -0.25) is 0 Å². The molecule has 0 radical (unpaired) electrons.